The summed E-state index contributed by atoms with van der Waals surface area (Å²) in [6.07, 6.45) is 13.9. The van der Waals surface area contributed by atoms with Crippen LogP contribution < -0.4 is 5.32 Å². The van der Waals surface area contributed by atoms with Crippen LogP contribution in [0.3, 0.4) is 0 Å². The minimum Gasteiger partial charge on any atom is -0.353 e. The quantitative estimate of drug-likeness (QED) is 0.771. The fourth-order valence-corrected chi connectivity index (χ4v) is 4.89. The molecule has 2 saturated carbocycles. The molecule has 2 aliphatic carbocycles. The van der Waals surface area contributed by atoms with E-state index in [1.165, 1.54) is 38.5 Å². The second kappa shape index (κ2) is 11.3. The topological polar surface area (TPSA) is 52.7 Å². The van der Waals surface area contributed by atoms with Gasteiger partial charge in [-0.05, 0) is 38.5 Å². The lowest BCUT2D eigenvalue weighted by Crippen LogP contribution is -2.50. The fraction of sp³-hybridized carbons (Fsp3) is 0.905. The third kappa shape index (κ3) is 6.63. The highest BCUT2D eigenvalue weighted by Gasteiger charge is 2.28. The maximum atomic E-state index is 12.6. The predicted octanol–water partition coefficient (Wildman–Crippen LogP) is 3.36. The summed E-state index contributed by atoms with van der Waals surface area (Å²) in [6, 6.07) is 0.746. The van der Waals surface area contributed by atoms with E-state index in [0.717, 1.165) is 51.6 Å². The lowest BCUT2D eigenvalue weighted by atomic mass is 9.88. The van der Waals surface area contributed by atoms with Gasteiger partial charge in [0.25, 0.3) is 0 Å². The molecule has 1 heterocycles. The molecule has 0 aromatic heterocycles. The van der Waals surface area contributed by atoms with E-state index in [9.17, 15) is 9.59 Å². The molecule has 1 saturated heterocycles. The van der Waals surface area contributed by atoms with Gasteiger partial charge < -0.3 is 10.2 Å². The maximum absolute atomic E-state index is 12.6. The van der Waals surface area contributed by atoms with Crippen LogP contribution in [0.4, 0.5) is 0 Å². The van der Waals surface area contributed by atoms with Gasteiger partial charge in [0.1, 0.15) is 0 Å². The highest BCUT2D eigenvalue weighted by Crippen LogP contribution is 2.24. The molecule has 2 amide bonds. The molecule has 1 N–H and O–H groups in total. The second-order valence-corrected chi connectivity index (χ2v) is 8.69. The van der Waals surface area contributed by atoms with E-state index in [2.05, 4.69) is 10.2 Å². The summed E-state index contributed by atoms with van der Waals surface area (Å²) in [6.45, 7) is 2.37. The summed E-state index contributed by atoms with van der Waals surface area (Å²) in [5.74, 6) is 0.783. The number of amides is 2. The van der Waals surface area contributed by atoms with Gasteiger partial charge in [-0.25, -0.2) is 0 Å². The number of piperidine rings is 1. The molecule has 0 aromatic rings. The lowest BCUT2D eigenvalue weighted by Gasteiger charge is -2.36. The summed E-state index contributed by atoms with van der Waals surface area (Å²) < 4.78 is 0. The first-order valence-electron chi connectivity index (χ1n) is 10.9. The summed E-state index contributed by atoms with van der Waals surface area (Å²) in [4.78, 5) is 29.3. The van der Waals surface area contributed by atoms with Crippen molar-refractivity contribution in [2.75, 3.05) is 26.7 Å². The number of likely N-dealkylation sites (N-methyl/N-ethyl adjacent to an activating group) is 1. The second-order valence-electron chi connectivity index (χ2n) is 8.69. The number of nitrogens with zero attached hydrogens (tertiary/aromatic N) is 2. The van der Waals surface area contributed by atoms with Gasteiger partial charge in [-0.2, -0.15) is 0 Å². The molecule has 27 heavy (non-hydrogen) atoms. The Morgan fingerprint density at radius 2 is 1.44 bits per heavy atom. The standard InChI is InChI=1S/C21H37N3O2.ClH/c1-23(19-10-6-3-7-11-19)20(25)16-24-14-12-18(13-15-24)22-21(26)17-8-4-2-5-9-17;/h17-19H,2-16H2,1H3,(H,22,26);1H. The lowest BCUT2D eigenvalue weighted by molar-refractivity contribution is -0.134. The van der Waals surface area contributed by atoms with Gasteiger partial charge in [-0.15, -0.1) is 12.4 Å². The van der Waals surface area contributed by atoms with Gasteiger partial charge in [0.05, 0.1) is 6.54 Å². The minimum atomic E-state index is 0. The molecule has 0 radical (unpaired) electrons. The number of rotatable bonds is 5. The van der Waals surface area contributed by atoms with E-state index >= 15 is 0 Å². The molecule has 0 atom stereocenters. The Bertz CT molecular complexity index is 468. The Morgan fingerprint density at radius 1 is 0.889 bits per heavy atom. The van der Waals surface area contributed by atoms with Gasteiger partial charge in [-0.1, -0.05) is 38.5 Å². The molecule has 3 rings (SSSR count). The van der Waals surface area contributed by atoms with Crippen LogP contribution in [0.5, 0.6) is 0 Å². The van der Waals surface area contributed by atoms with Crippen molar-refractivity contribution in [3.05, 3.63) is 0 Å². The largest absolute Gasteiger partial charge is 0.353 e. The molecule has 1 aliphatic heterocycles. The van der Waals surface area contributed by atoms with Gasteiger partial charge >= 0.3 is 0 Å². The Kier molecular flexibility index (Phi) is 9.37. The first kappa shape index (κ1) is 22.5. The number of halogens is 1. The third-order valence-corrected chi connectivity index (χ3v) is 6.78. The highest BCUT2D eigenvalue weighted by molar-refractivity contribution is 5.85. The monoisotopic (exact) mass is 399 g/mol. The van der Waals surface area contributed by atoms with Crippen LogP contribution in [0, 0.1) is 5.92 Å². The smallest absolute Gasteiger partial charge is 0.236 e. The molecule has 3 aliphatic rings. The van der Waals surface area contributed by atoms with Crippen molar-refractivity contribution in [3.8, 4) is 0 Å². The van der Waals surface area contributed by atoms with Crippen molar-refractivity contribution in [1.29, 1.82) is 0 Å². The van der Waals surface area contributed by atoms with E-state index in [1.54, 1.807) is 0 Å². The van der Waals surface area contributed by atoms with E-state index in [1.807, 2.05) is 11.9 Å². The van der Waals surface area contributed by atoms with Crippen LogP contribution in [0.1, 0.15) is 77.0 Å². The summed E-state index contributed by atoms with van der Waals surface area (Å²) >= 11 is 0. The third-order valence-electron chi connectivity index (χ3n) is 6.78. The number of carbonyl (C=O) groups is 2. The molecule has 0 unspecified atom stereocenters. The number of hydrogen-bond acceptors (Lipinski definition) is 3. The van der Waals surface area contributed by atoms with E-state index in [0.29, 0.717) is 18.6 Å². The normalized spacial score (nSPS) is 23.4. The molecule has 0 bridgehead atoms. The van der Waals surface area contributed by atoms with Crippen LogP contribution in [0.15, 0.2) is 0 Å². The average Bonchev–Trinajstić information content (AvgIpc) is 2.70. The molecule has 3 fully saturated rings. The number of hydrogen-bond donors (Lipinski definition) is 1. The zero-order valence-corrected chi connectivity index (χ0v) is 17.8. The minimum absolute atomic E-state index is 0. The summed E-state index contributed by atoms with van der Waals surface area (Å²) in [5.41, 5.74) is 0. The Hall–Kier alpha value is -0.810. The number of carbonyl (C=O) groups excluding carboxylic acids is 2. The number of likely N-dealkylation sites (tertiary alicyclic amines) is 1. The average molecular weight is 400 g/mol. The van der Waals surface area contributed by atoms with Crippen LogP contribution in [0.2, 0.25) is 0 Å². The van der Waals surface area contributed by atoms with Gasteiger partial charge in [0, 0.05) is 38.1 Å². The molecule has 0 aromatic carbocycles. The predicted molar refractivity (Wildman–Crippen MR) is 111 cm³/mol. The van der Waals surface area contributed by atoms with Crippen molar-refractivity contribution < 1.29 is 9.59 Å². The van der Waals surface area contributed by atoms with E-state index in [4.69, 9.17) is 0 Å². The Morgan fingerprint density at radius 3 is 2.04 bits per heavy atom. The summed E-state index contributed by atoms with van der Waals surface area (Å²) in [5, 5.41) is 3.28. The fourth-order valence-electron chi connectivity index (χ4n) is 4.89. The van der Waals surface area contributed by atoms with Gasteiger partial charge in [0.15, 0.2) is 0 Å². The van der Waals surface area contributed by atoms with Crippen molar-refractivity contribution in [1.82, 2.24) is 15.1 Å². The Balaban J connectivity index is 0.00000261. The van der Waals surface area contributed by atoms with Crippen molar-refractivity contribution in [3.63, 3.8) is 0 Å². The number of nitrogens with one attached hydrogen (secondary N) is 1. The first-order chi connectivity index (χ1) is 12.6. The molecule has 5 nitrogen and oxygen atoms in total. The van der Waals surface area contributed by atoms with Crippen LogP contribution in [-0.2, 0) is 9.59 Å². The Labute approximate surface area is 171 Å². The molecule has 156 valence electrons. The summed E-state index contributed by atoms with van der Waals surface area (Å²) in [7, 11) is 1.98. The molecule has 6 heteroatoms. The maximum Gasteiger partial charge on any atom is 0.236 e. The van der Waals surface area contributed by atoms with Gasteiger partial charge in [-0.3, -0.25) is 14.5 Å². The van der Waals surface area contributed by atoms with Crippen molar-refractivity contribution in [2.24, 2.45) is 5.92 Å². The van der Waals surface area contributed by atoms with Crippen LogP contribution >= 0.6 is 12.4 Å². The molecular weight excluding hydrogens is 362 g/mol. The molecule has 0 spiro atoms. The van der Waals surface area contributed by atoms with Gasteiger partial charge in [0.2, 0.25) is 11.8 Å². The van der Waals surface area contributed by atoms with Crippen LogP contribution in [-0.4, -0.2) is 60.4 Å². The zero-order valence-electron chi connectivity index (χ0n) is 17.0. The zero-order chi connectivity index (χ0) is 18.4. The first-order valence-corrected chi connectivity index (χ1v) is 10.9. The highest BCUT2D eigenvalue weighted by atomic mass is 35.5. The SMILES string of the molecule is CN(C(=O)CN1CCC(NC(=O)C2CCCCC2)CC1)C1CCCCC1.Cl. The van der Waals surface area contributed by atoms with Crippen molar-refractivity contribution >= 4 is 24.2 Å². The van der Waals surface area contributed by atoms with E-state index < -0.39 is 0 Å². The van der Waals surface area contributed by atoms with E-state index in [-0.39, 0.29) is 30.1 Å². The molecular formula is C21H38ClN3O2. The van der Waals surface area contributed by atoms with Crippen molar-refractivity contribution in [2.45, 2.75) is 89.1 Å². The van der Waals surface area contributed by atoms with Crippen LogP contribution in [0.25, 0.3) is 0 Å².